The molecule has 2 saturated heterocycles. The number of rotatable bonds is 5. The summed E-state index contributed by atoms with van der Waals surface area (Å²) < 4.78 is 12.5. The van der Waals surface area contributed by atoms with Crippen molar-refractivity contribution in [1.29, 1.82) is 0 Å². The van der Waals surface area contributed by atoms with E-state index in [0.717, 1.165) is 18.8 Å². The zero-order valence-electron chi connectivity index (χ0n) is 18.4. The fourth-order valence-electron chi connectivity index (χ4n) is 4.22. The fourth-order valence-corrected chi connectivity index (χ4v) is 4.22. The third kappa shape index (κ3) is 4.69. The summed E-state index contributed by atoms with van der Waals surface area (Å²) in [5.74, 6) is 0.611. The van der Waals surface area contributed by atoms with E-state index in [0.29, 0.717) is 63.1 Å². The van der Waals surface area contributed by atoms with Gasteiger partial charge in [0, 0.05) is 45.3 Å². The van der Waals surface area contributed by atoms with Crippen molar-refractivity contribution in [2.24, 2.45) is 0 Å². The van der Waals surface area contributed by atoms with Crippen molar-refractivity contribution >= 4 is 11.8 Å². The minimum absolute atomic E-state index is 0.107. The number of para-hydroxylation sites is 1. The van der Waals surface area contributed by atoms with Crippen molar-refractivity contribution in [1.82, 2.24) is 24.5 Å². The first-order chi connectivity index (χ1) is 16.2. The zero-order valence-corrected chi connectivity index (χ0v) is 18.4. The molecule has 2 fully saturated rings. The Bertz CT molecular complexity index is 1080. The summed E-state index contributed by atoms with van der Waals surface area (Å²) >= 11 is 0. The Hall–Kier alpha value is -3.43. The van der Waals surface area contributed by atoms with Crippen LogP contribution in [0.1, 0.15) is 10.5 Å². The van der Waals surface area contributed by atoms with Crippen molar-refractivity contribution in [2.75, 3.05) is 59.0 Å². The monoisotopic (exact) mass is 449 g/mol. The van der Waals surface area contributed by atoms with E-state index in [2.05, 4.69) is 10.00 Å². The fraction of sp³-hybridized carbons (Fsp3) is 0.375. The predicted octanol–water partition coefficient (Wildman–Crippen LogP) is 1.75. The highest BCUT2D eigenvalue weighted by Gasteiger charge is 2.29. The van der Waals surface area contributed by atoms with Gasteiger partial charge >= 0.3 is 0 Å². The number of aromatic nitrogens is 2. The van der Waals surface area contributed by atoms with Crippen LogP contribution in [0.25, 0.3) is 17.1 Å². The summed E-state index contributed by atoms with van der Waals surface area (Å²) in [6, 6.07) is 15.0. The lowest BCUT2D eigenvalue weighted by molar-refractivity contribution is -0.134. The van der Waals surface area contributed by atoms with Gasteiger partial charge in [-0.25, -0.2) is 4.68 Å². The molecule has 0 bridgehead atoms. The Balaban J connectivity index is 1.29. The standard InChI is InChI=1S/C24H27N5O4/c30-23(18-26-12-15-32-16-13-26)27-8-10-28(11-9-27)24(31)21-17-20(22-7-4-14-33-22)25-29(21)19-5-2-1-3-6-19/h1-7,14,17H,8-13,15-16,18H2. The van der Waals surface area contributed by atoms with Gasteiger partial charge in [0.2, 0.25) is 5.91 Å². The Morgan fingerprint density at radius 2 is 1.61 bits per heavy atom. The molecule has 0 N–H and O–H groups in total. The molecule has 1 aromatic carbocycles. The largest absolute Gasteiger partial charge is 0.463 e. The second kappa shape index (κ2) is 9.60. The van der Waals surface area contributed by atoms with Crippen LogP contribution in [0.15, 0.2) is 59.2 Å². The number of carbonyl (C=O) groups excluding carboxylic acids is 2. The molecule has 5 rings (SSSR count). The van der Waals surface area contributed by atoms with Gasteiger partial charge in [-0.05, 0) is 24.3 Å². The summed E-state index contributed by atoms with van der Waals surface area (Å²) in [7, 11) is 0. The summed E-state index contributed by atoms with van der Waals surface area (Å²) in [5.41, 5.74) is 1.88. The summed E-state index contributed by atoms with van der Waals surface area (Å²) in [4.78, 5) is 31.9. The number of hydrogen-bond donors (Lipinski definition) is 0. The van der Waals surface area contributed by atoms with Gasteiger partial charge in [0.05, 0.1) is 31.7 Å². The number of nitrogens with zero attached hydrogens (tertiary/aromatic N) is 5. The van der Waals surface area contributed by atoms with Crippen LogP contribution in [0.5, 0.6) is 0 Å². The number of furan rings is 1. The average Bonchev–Trinajstić information content (AvgIpc) is 3.55. The molecule has 2 amide bonds. The molecule has 0 aliphatic carbocycles. The van der Waals surface area contributed by atoms with Gasteiger partial charge in [0.25, 0.3) is 5.91 Å². The van der Waals surface area contributed by atoms with Crippen molar-refractivity contribution in [3.05, 3.63) is 60.5 Å². The number of hydrogen-bond acceptors (Lipinski definition) is 6. The first-order valence-electron chi connectivity index (χ1n) is 11.3. The van der Waals surface area contributed by atoms with Crippen LogP contribution in [0, 0.1) is 0 Å². The zero-order chi connectivity index (χ0) is 22.6. The van der Waals surface area contributed by atoms with Crippen LogP contribution in [-0.2, 0) is 9.53 Å². The highest BCUT2D eigenvalue weighted by atomic mass is 16.5. The Labute approximate surface area is 192 Å². The van der Waals surface area contributed by atoms with E-state index >= 15 is 0 Å². The normalized spacial score (nSPS) is 17.3. The Kier molecular flexibility index (Phi) is 6.23. The minimum Gasteiger partial charge on any atom is -0.463 e. The molecule has 33 heavy (non-hydrogen) atoms. The average molecular weight is 450 g/mol. The molecule has 9 nitrogen and oxygen atoms in total. The van der Waals surface area contributed by atoms with Gasteiger partial charge < -0.3 is 19.0 Å². The minimum atomic E-state index is -0.107. The maximum absolute atomic E-state index is 13.5. The first-order valence-corrected chi connectivity index (χ1v) is 11.3. The SMILES string of the molecule is O=C(CN1CCOCC1)N1CCN(C(=O)c2cc(-c3ccco3)nn2-c2ccccc2)CC1. The molecule has 0 saturated carbocycles. The van der Waals surface area contributed by atoms with Crippen molar-refractivity contribution in [3.63, 3.8) is 0 Å². The van der Waals surface area contributed by atoms with E-state index in [4.69, 9.17) is 9.15 Å². The van der Waals surface area contributed by atoms with E-state index in [1.54, 1.807) is 28.0 Å². The molecule has 9 heteroatoms. The van der Waals surface area contributed by atoms with Gasteiger partial charge in [0.1, 0.15) is 11.4 Å². The molecular formula is C24H27N5O4. The lowest BCUT2D eigenvalue weighted by atomic mass is 10.2. The van der Waals surface area contributed by atoms with E-state index < -0.39 is 0 Å². The predicted molar refractivity (Wildman–Crippen MR) is 121 cm³/mol. The molecule has 2 aliphatic heterocycles. The number of amides is 2. The second-order valence-corrected chi connectivity index (χ2v) is 8.20. The highest BCUT2D eigenvalue weighted by Crippen LogP contribution is 2.23. The molecule has 0 unspecified atom stereocenters. The lowest BCUT2D eigenvalue weighted by Crippen LogP contribution is -2.53. The van der Waals surface area contributed by atoms with Gasteiger partial charge in [-0.1, -0.05) is 18.2 Å². The van der Waals surface area contributed by atoms with Crippen LogP contribution >= 0.6 is 0 Å². The van der Waals surface area contributed by atoms with E-state index in [1.807, 2.05) is 41.3 Å². The van der Waals surface area contributed by atoms with Crippen molar-refractivity contribution < 1.29 is 18.7 Å². The molecule has 2 aliphatic rings. The molecule has 2 aromatic heterocycles. The van der Waals surface area contributed by atoms with Gasteiger partial charge in [-0.3, -0.25) is 14.5 Å². The lowest BCUT2D eigenvalue weighted by Gasteiger charge is -2.36. The first kappa shape index (κ1) is 21.4. The topological polar surface area (TPSA) is 84.1 Å². The van der Waals surface area contributed by atoms with Crippen LogP contribution in [0.2, 0.25) is 0 Å². The van der Waals surface area contributed by atoms with E-state index in [1.165, 1.54) is 0 Å². The summed E-state index contributed by atoms with van der Waals surface area (Å²) in [6.07, 6.45) is 1.59. The smallest absolute Gasteiger partial charge is 0.272 e. The van der Waals surface area contributed by atoms with Crippen LogP contribution in [0.4, 0.5) is 0 Å². The quantitative estimate of drug-likeness (QED) is 0.590. The van der Waals surface area contributed by atoms with Gasteiger partial charge in [-0.15, -0.1) is 0 Å². The van der Waals surface area contributed by atoms with E-state index in [9.17, 15) is 9.59 Å². The van der Waals surface area contributed by atoms with Gasteiger partial charge in [-0.2, -0.15) is 5.10 Å². The highest BCUT2D eigenvalue weighted by molar-refractivity contribution is 5.94. The molecule has 3 aromatic rings. The third-order valence-corrected chi connectivity index (χ3v) is 6.09. The number of piperazine rings is 1. The van der Waals surface area contributed by atoms with E-state index in [-0.39, 0.29) is 11.8 Å². The van der Waals surface area contributed by atoms with Crippen molar-refractivity contribution in [3.8, 4) is 17.1 Å². The maximum Gasteiger partial charge on any atom is 0.272 e. The molecule has 4 heterocycles. The summed E-state index contributed by atoms with van der Waals surface area (Å²) in [6.45, 7) is 5.35. The Morgan fingerprint density at radius 3 is 2.30 bits per heavy atom. The molecule has 0 radical (unpaired) electrons. The number of benzene rings is 1. The summed E-state index contributed by atoms with van der Waals surface area (Å²) in [5, 5.41) is 4.64. The third-order valence-electron chi connectivity index (χ3n) is 6.09. The number of carbonyl (C=O) groups is 2. The number of morpholine rings is 1. The Morgan fingerprint density at radius 1 is 0.879 bits per heavy atom. The molecule has 172 valence electrons. The van der Waals surface area contributed by atoms with Gasteiger partial charge in [0.15, 0.2) is 5.76 Å². The maximum atomic E-state index is 13.5. The number of ether oxygens (including phenoxy) is 1. The molecule has 0 spiro atoms. The van der Waals surface area contributed by atoms with Crippen LogP contribution in [0.3, 0.4) is 0 Å². The molecule has 0 atom stereocenters. The van der Waals surface area contributed by atoms with Crippen molar-refractivity contribution in [2.45, 2.75) is 0 Å². The van der Waals surface area contributed by atoms with Crippen LogP contribution < -0.4 is 0 Å². The second-order valence-electron chi connectivity index (χ2n) is 8.20. The van der Waals surface area contributed by atoms with Crippen LogP contribution in [-0.4, -0.2) is 95.3 Å². The molecular weight excluding hydrogens is 422 g/mol.